The number of ether oxygens (including phenoxy) is 1. The molecule has 1 saturated heterocycles. The third-order valence-corrected chi connectivity index (χ3v) is 4.01. The van der Waals surface area contributed by atoms with Crippen LogP contribution in [0.5, 0.6) is 0 Å². The normalized spacial score (nSPS) is 25.2. The Labute approximate surface area is 122 Å². The number of morpholine rings is 1. The predicted molar refractivity (Wildman–Crippen MR) is 76.4 cm³/mol. The van der Waals surface area contributed by atoms with Gasteiger partial charge >= 0.3 is 5.97 Å². The molecule has 2 aliphatic rings. The molecule has 112 valence electrons. The first-order valence-electron chi connectivity index (χ1n) is 7.14. The molecule has 1 aromatic carbocycles. The first-order chi connectivity index (χ1) is 10.2. The van der Waals surface area contributed by atoms with Crippen molar-refractivity contribution in [2.75, 3.05) is 31.1 Å². The van der Waals surface area contributed by atoms with Crippen molar-refractivity contribution in [1.82, 2.24) is 5.32 Å². The number of carbonyl (C=O) groups is 2. The van der Waals surface area contributed by atoms with Crippen molar-refractivity contribution in [2.24, 2.45) is 0 Å². The van der Waals surface area contributed by atoms with Crippen LogP contribution in [0.1, 0.15) is 17.9 Å². The number of nitrogens with zero attached hydrogens (tertiary/aromatic N) is 1. The molecule has 21 heavy (non-hydrogen) atoms. The number of benzene rings is 1. The minimum atomic E-state index is -0.842. The van der Waals surface area contributed by atoms with Gasteiger partial charge in [-0.15, -0.1) is 0 Å². The highest BCUT2D eigenvalue weighted by molar-refractivity contribution is 5.99. The summed E-state index contributed by atoms with van der Waals surface area (Å²) in [6.07, 6.45) is -0.0636. The maximum atomic E-state index is 12.6. The monoisotopic (exact) mass is 290 g/mol. The molecular formula is C15H18N2O4. The number of hydrogen-bond donors (Lipinski definition) is 2. The molecule has 6 heteroatoms. The van der Waals surface area contributed by atoms with Crippen LogP contribution >= 0.6 is 0 Å². The summed E-state index contributed by atoms with van der Waals surface area (Å²) in [6.45, 7) is 2.18. The number of carboxylic acid groups (broad SMARTS) is 1. The second-order valence-electron chi connectivity index (χ2n) is 5.29. The van der Waals surface area contributed by atoms with E-state index in [0.29, 0.717) is 37.4 Å². The molecule has 1 amide bonds. The molecule has 2 atom stereocenters. The fourth-order valence-corrected chi connectivity index (χ4v) is 2.95. The Morgan fingerprint density at radius 2 is 2.14 bits per heavy atom. The Balaban J connectivity index is 1.88. The molecule has 1 aromatic rings. The summed E-state index contributed by atoms with van der Waals surface area (Å²) in [5.74, 6) is -1.49. The van der Waals surface area contributed by atoms with E-state index in [1.54, 1.807) is 23.1 Å². The van der Waals surface area contributed by atoms with Gasteiger partial charge in [-0.25, -0.2) is 0 Å². The molecule has 2 heterocycles. The summed E-state index contributed by atoms with van der Waals surface area (Å²) in [7, 11) is 0. The largest absolute Gasteiger partial charge is 0.481 e. The van der Waals surface area contributed by atoms with Gasteiger partial charge in [-0.05, 0) is 18.1 Å². The summed E-state index contributed by atoms with van der Waals surface area (Å²) in [6, 6.07) is 7.22. The topological polar surface area (TPSA) is 78.9 Å². The summed E-state index contributed by atoms with van der Waals surface area (Å²) in [5, 5.41) is 12.5. The average Bonchev–Trinajstić information content (AvgIpc) is 2.54. The van der Waals surface area contributed by atoms with E-state index in [1.165, 1.54) is 0 Å². The van der Waals surface area contributed by atoms with E-state index in [-0.39, 0.29) is 5.91 Å². The van der Waals surface area contributed by atoms with Gasteiger partial charge in [0.15, 0.2) is 0 Å². The Bertz CT molecular complexity index is 554. The Morgan fingerprint density at radius 1 is 1.33 bits per heavy atom. The van der Waals surface area contributed by atoms with Gasteiger partial charge in [0, 0.05) is 25.3 Å². The maximum Gasteiger partial charge on any atom is 0.311 e. The van der Waals surface area contributed by atoms with Crippen molar-refractivity contribution in [3.8, 4) is 0 Å². The second kappa shape index (κ2) is 5.83. The SMILES string of the molecule is O=C(O)C1CCN(C(=O)C2CNCCO2)c2ccccc21. The average molecular weight is 290 g/mol. The van der Waals surface area contributed by atoms with Crippen molar-refractivity contribution in [3.63, 3.8) is 0 Å². The van der Waals surface area contributed by atoms with Crippen LogP contribution in [0.3, 0.4) is 0 Å². The van der Waals surface area contributed by atoms with E-state index in [2.05, 4.69) is 5.32 Å². The molecule has 3 rings (SSSR count). The summed E-state index contributed by atoms with van der Waals surface area (Å²) >= 11 is 0. The first-order valence-corrected chi connectivity index (χ1v) is 7.14. The first kappa shape index (κ1) is 14.0. The van der Waals surface area contributed by atoms with Gasteiger partial charge in [0.05, 0.1) is 12.5 Å². The maximum absolute atomic E-state index is 12.6. The van der Waals surface area contributed by atoms with E-state index in [4.69, 9.17) is 4.74 Å². The quantitative estimate of drug-likeness (QED) is 0.833. The molecular weight excluding hydrogens is 272 g/mol. The van der Waals surface area contributed by atoms with Crippen LogP contribution in [0, 0.1) is 0 Å². The third kappa shape index (κ3) is 2.64. The van der Waals surface area contributed by atoms with Gasteiger partial charge in [-0.1, -0.05) is 18.2 Å². The van der Waals surface area contributed by atoms with Crippen LogP contribution in [0.4, 0.5) is 5.69 Å². The number of nitrogens with one attached hydrogen (secondary N) is 1. The Kier molecular flexibility index (Phi) is 3.90. The number of rotatable bonds is 2. The van der Waals surface area contributed by atoms with Crippen molar-refractivity contribution >= 4 is 17.6 Å². The van der Waals surface area contributed by atoms with Crippen molar-refractivity contribution in [2.45, 2.75) is 18.4 Å². The number of carboxylic acids is 1. The third-order valence-electron chi connectivity index (χ3n) is 4.01. The number of aliphatic carboxylic acids is 1. The van der Waals surface area contributed by atoms with Gasteiger partial charge in [0.25, 0.3) is 5.91 Å². The highest BCUT2D eigenvalue weighted by Gasteiger charge is 2.35. The second-order valence-corrected chi connectivity index (χ2v) is 5.29. The van der Waals surface area contributed by atoms with Crippen molar-refractivity contribution in [3.05, 3.63) is 29.8 Å². The van der Waals surface area contributed by atoms with Crippen LogP contribution < -0.4 is 10.2 Å². The van der Waals surface area contributed by atoms with Crippen LogP contribution in [-0.4, -0.2) is 49.3 Å². The highest BCUT2D eigenvalue weighted by atomic mass is 16.5. The summed E-state index contributed by atoms with van der Waals surface area (Å²) in [4.78, 5) is 25.6. The van der Waals surface area contributed by atoms with Crippen LogP contribution in [-0.2, 0) is 14.3 Å². The Morgan fingerprint density at radius 3 is 2.86 bits per heavy atom. The molecule has 0 aliphatic carbocycles. The molecule has 2 aliphatic heterocycles. The summed E-state index contributed by atoms with van der Waals surface area (Å²) in [5.41, 5.74) is 1.39. The standard InChI is InChI=1S/C15H18N2O4/c18-14(13-9-16-6-8-21-13)17-7-5-11(15(19)20)10-3-1-2-4-12(10)17/h1-4,11,13,16H,5-9H2,(H,19,20). The lowest BCUT2D eigenvalue weighted by Crippen LogP contribution is -2.51. The van der Waals surface area contributed by atoms with Gasteiger partial charge in [-0.2, -0.15) is 0 Å². The van der Waals surface area contributed by atoms with Crippen LogP contribution in [0.15, 0.2) is 24.3 Å². The van der Waals surface area contributed by atoms with Gasteiger partial charge in [0.1, 0.15) is 6.10 Å². The molecule has 0 aromatic heterocycles. The number of hydrogen-bond acceptors (Lipinski definition) is 4. The fourth-order valence-electron chi connectivity index (χ4n) is 2.95. The molecule has 6 nitrogen and oxygen atoms in total. The van der Waals surface area contributed by atoms with Gasteiger partial charge in [-0.3, -0.25) is 9.59 Å². The van der Waals surface area contributed by atoms with Crippen molar-refractivity contribution in [1.29, 1.82) is 0 Å². The van der Waals surface area contributed by atoms with Crippen LogP contribution in [0.25, 0.3) is 0 Å². The van der Waals surface area contributed by atoms with Gasteiger partial charge < -0.3 is 20.1 Å². The lowest BCUT2D eigenvalue weighted by Gasteiger charge is -2.35. The lowest BCUT2D eigenvalue weighted by atomic mass is 9.89. The summed E-state index contributed by atoms with van der Waals surface area (Å²) < 4.78 is 5.51. The fraction of sp³-hybridized carbons (Fsp3) is 0.467. The number of anilines is 1. The minimum Gasteiger partial charge on any atom is -0.481 e. The van der Waals surface area contributed by atoms with E-state index in [0.717, 1.165) is 6.54 Å². The van der Waals surface area contributed by atoms with E-state index in [1.807, 2.05) is 6.07 Å². The molecule has 0 spiro atoms. The molecule has 2 N–H and O–H groups in total. The number of fused-ring (bicyclic) bond motifs is 1. The number of amides is 1. The zero-order valence-corrected chi connectivity index (χ0v) is 11.6. The van der Waals surface area contributed by atoms with Gasteiger partial charge in [0.2, 0.25) is 0 Å². The molecule has 0 radical (unpaired) electrons. The van der Waals surface area contributed by atoms with Crippen molar-refractivity contribution < 1.29 is 19.4 Å². The highest BCUT2D eigenvalue weighted by Crippen LogP contribution is 2.35. The van der Waals surface area contributed by atoms with Crippen LogP contribution in [0.2, 0.25) is 0 Å². The number of para-hydroxylation sites is 1. The molecule has 0 saturated carbocycles. The zero-order valence-electron chi connectivity index (χ0n) is 11.6. The van der Waals surface area contributed by atoms with E-state index in [9.17, 15) is 14.7 Å². The van der Waals surface area contributed by atoms with E-state index < -0.39 is 18.0 Å². The lowest BCUT2D eigenvalue weighted by molar-refractivity contribution is -0.139. The smallest absolute Gasteiger partial charge is 0.311 e. The van der Waals surface area contributed by atoms with E-state index >= 15 is 0 Å². The number of carbonyl (C=O) groups excluding carboxylic acids is 1. The zero-order chi connectivity index (χ0) is 14.8. The predicted octanol–water partition coefficient (Wildman–Crippen LogP) is 0.580. The minimum absolute atomic E-state index is 0.0986. The Hall–Kier alpha value is -1.92. The molecule has 2 unspecified atom stereocenters. The molecule has 0 bridgehead atoms. The molecule has 1 fully saturated rings.